The predicted octanol–water partition coefficient (Wildman–Crippen LogP) is 2.56. The summed E-state index contributed by atoms with van der Waals surface area (Å²) in [5.41, 5.74) is 1.02. The summed E-state index contributed by atoms with van der Waals surface area (Å²) in [5, 5.41) is 8.92. The number of ether oxygens (including phenoxy) is 1. The highest BCUT2D eigenvalue weighted by Gasteiger charge is 2.17. The van der Waals surface area contributed by atoms with Crippen LogP contribution in [0.4, 0.5) is 0 Å². The van der Waals surface area contributed by atoms with Gasteiger partial charge >= 0.3 is 5.97 Å². The molecule has 0 aliphatic rings. The van der Waals surface area contributed by atoms with Gasteiger partial charge in [0.2, 0.25) is 0 Å². The van der Waals surface area contributed by atoms with Crippen LogP contribution in [0.25, 0.3) is 0 Å². The molecular weight excluding hydrogens is 254 g/mol. The molecule has 0 saturated carbocycles. The minimum absolute atomic E-state index is 0.0534. The first kappa shape index (κ1) is 16.1. The number of terminal acetylenes is 1. The number of carboxylic acids is 1. The van der Waals surface area contributed by atoms with Gasteiger partial charge in [-0.2, -0.15) is 0 Å². The summed E-state index contributed by atoms with van der Waals surface area (Å²) in [6.07, 6.45) is 6.26. The van der Waals surface area contributed by atoms with E-state index in [1.165, 1.54) is 0 Å². The van der Waals surface area contributed by atoms with Crippen molar-refractivity contribution < 1.29 is 14.6 Å². The molecule has 0 radical (unpaired) electrons. The molecule has 0 aliphatic heterocycles. The van der Waals surface area contributed by atoms with Crippen molar-refractivity contribution in [2.75, 3.05) is 19.7 Å². The normalized spacial score (nSPS) is 11.9. The molecule has 1 aromatic rings. The smallest absolute Gasteiger partial charge is 0.317 e. The maximum absolute atomic E-state index is 10.9. The van der Waals surface area contributed by atoms with Crippen molar-refractivity contribution in [3.8, 4) is 18.1 Å². The molecule has 0 bridgehead atoms. The van der Waals surface area contributed by atoms with E-state index in [-0.39, 0.29) is 12.6 Å². The van der Waals surface area contributed by atoms with E-state index in [1.54, 1.807) is 4.90 Å². The molecule has 0 heterocycles. The zero-order valence-corrected chi connectivity index (χ0v) is 12.0. The Kier molecular flexibility index (Phi) is 6.61. The predicted molar refractivity (Wildman–Crippen MR) is 78.7 cm³/mol. The average Bonchev–Trinajstić information content (AvgIpc) is 2.44. The summed E-state index contributed by atoms with van der Waals surface area (Å²) < 4.78 is 5.52. The molecule has 1 rings (SSSR count). The van der Waals surface area contributed by atoms with E-state index >= 15 is 0 Å². The molecule has 0 aromatic heterocycles. The van der Waals surface area contributed by atoms with E-state index in [1.807, 2.05) is 31.2 Å². The van der Waals surface area contributed by atoms with E-state index < -0.39 is 5.97 Å². The molecular formula is C16H21NO3. The SMILES string of the molecule is C#CCN(CC(=O)O)C(C)c1ccc(OCCC)cc1. The number of carboxylic acid groups (broad SMARTS) is 1. The Balaban J connectivity index is 2.75. The van der Waals surface area contributed by atoms with Crippen molar-refractivity contribution >= 4 is 5.97 Å². The topological polar surface area (TPSA) is 49.8 Å². The molecule has 4 heteroatoms. The quantitative estimate of drug-likeness (QED) is 0.741. The van der Waals surface area contributed by atoms with Crippen LogP contribution < -0.4 is 4.74 Å². The molecule has 1 unspecified atom stereocenters. The number of hydrogen-bond acceptors (Lipinski definition) is 3. The van der Waals surface area contributed by atoms with Crippen LogP contribution in [-0.2, 0) is 4.79 Å². The molecule has 20 heavy (non-hydrogen) atoms. The van der Waals surface area contributed by atoms with Crippen LogP contribution in [-0.4, -0.2) is 35.7 Å². The second-order valence-corrected chi connectivity index (χ2v) is 4.60. The number of hydrogen-bond donors (Lipinski definition) is 1. The fourth-order valence-electron chi connectivity index (χ4n) is 1.89. The van der Waals surface area contributed by atoms with Gasteiger partial charge in [0.25, 0.3) is 0 Å². The highest BCUT2D eigenvalue weighted by atomic mass is 16.5. The van der Waals surface area contributed by atoms with Crippen LogP contribution >= 0.6 is 0 Å². The highest BCUT2D eigenvalue weighted by molar-refractivity contribution is 5.69. The average molecular weight is 275 g/mol. The van der Waals surface area contributed by atoms with Gasteiger partial charge in [0.15, 0.2) is 0 Å². The Morgan fingerprint density at radius 3 is 2.60 bits per heavy atom. The van der Waals surface area contributed by atoms with Crippen LogP contribution in [0, 0.1) is 12.3 Å². The van der Waals surface area contributed by atoms with Crippen molar-refractivity contribution in [3.05, 3.63) is 29.8 Å². The third-order valence-electron chi connectivity index (χ3n) is 3.02. The van der Waals surface area contributed by atoms with Gasteiger partial charge in [-0.3, -0.25) is 9.69 Å². The lowest BCUT2D eigenvalue weighted by molar-refractivity contribution is -0.138. The molecule has 0 fully saturated rings. The van der Waals surface area contributed by atoms with Gasteiger partial charge < -0.3 is 9.84 Å². The van der Waals surface area contributed by atoms with Crippen molar-refractivity contribution in [1.29, 1.82) is 0 Å². The van der Waals surface area contributed by atoms with Crippen LogP contribution in [0.2, 0.25) is 0 Å². The Labute approximate surface area is 120 Å². The molecule has 108 valence electrons. The van der Waals surface area contributed by atoms with Crippen molar-refractivity contribution in [3.63, 3.8) is 0 Å². The van der Waals surface area contributed by atoms with Crippen LogP contribution in [0.5, 0.6) is 5.75 Å². The first-order valence-electron chi connectivity index (χ1n) is 6.70. The molecule has 0 aliphatic carbocycles. The lowest BCUT2D eigenvalue weighted by atomic mass is 10.1. The number of aliphatic carboxylic acids is 1. The van der Waals surface area contributed by atoms with Gasteiger partial charge in [-0.15, -0.1) is 6.42 Å². The number of benzene rings is 1. The van der Waals surface area contributed by atoms with E-state index in [0.717, 1.165) is 17.7 Å². The number of nitrogens with zero attached hydrogens (tertiary/aromatic N) is 1. The number of rotatable bonds is 8. The van der Waals surface area contributed by atoms with Crippen molar-refractivity contribution in [1.82, 2.24) is 4.90 Å². The molecule has 1 aromatic carbocycles. The van der Waals surface area contributed by atoms with E-state index in [4.69, 9.17) is 16.3 Å². The van der Waals surface area contributed by atoms with Crippen molar-refractivity contribution in [2.24, 2.45) is 0 Å². The Hall–Kier alpha value is -1.99. The summed E-state index contributed by atoms with van der Waals surface area (Å²) in [7, 11) is 0. The minimum Gasteiger partial charge on any atom is -0.494 e. The van der Waals surface area contributed by atoms with Gasteiger partial charge in [-0.25, -0.2) is 0 Å². The molecule has 4 nitrogen and oxygen atoms in total. The summed E-state index contributed by atoms with van der Waals surface area (Å²) in [6.45, 7) is 4.93. The van der Waals surface area contributed by atoms with E-state index in [9.17, 15) is 4.79 Å². The van der Waals surface area contributed by atoms with Crippen LogP contribution in [0.1, 0.15) is 31.9 Å². The van der Waals surface area contributed by atoms with Gasteiger partial charge in [0.1, 0.15) is 5.75 Å². The molecule has 0 saturated heterocycles. The summed E-state index contributed by atoms with van der Waals surface area (Å²) in [5.74, 6) is 2.45. The summed E-state index contributed by atoms with van der Waals surface area (Å²) in [6, 6.07) is 7.64. The van der Waals surface area contributed by atoms with Crippen molar-refractivity contribution in [2.45, 2.75) is 26.3 Å². The molecule has 0 spiro atoms. The van der Waals surface area contributed by atoms with E-state index in [2.05, 4.69) is 12.8 Å². The van der Waals surface area contributed by atoms with Crippen LogP contribution in [0.15, 0.2) is 24.3 Å². The lowest BCUT2D eigenvalue weighted by Gasteiger charge is -2.25. The van der Waals surface area contributed by atoms with E-state index in [0.29, 0.717) is 13.2 Å². The number of carbonyl (C=O) groups is 1. The third-order valence-corrected chi connectivity index (χ3v) is 3.02. The molecule has 1 N–H and O–H groups in total. The first-order chi connectivity index (χ1) is 9.58. The second-order valence-electron chi connectivity index (χ2n) is 4.60. The minimum atomic E-state index is -0.880. The standard InChI is InChI=1S/C16H21NO3/c1-4-10-17(12-16(18)19)13(3)14-6-8-15(9-7-14)20-11-5-2/h1,6-9,13H,5,10-12H2,2-3H3,(H,18,19). The van der Waals surface area contributed by atoms with Gasteiger partial charge in [-0.05, 0) is 31.0 Å². The van der Waals surface area contributed by atoms with Gasteiger partial charge in [0.05, 0.1) is 19.7 Å². The summed E-state index contributed by atoms with van der Waals surface area (Å²) in [4.78, 5) is 12.6. The zero-order chi connectivity index (χ0) is 15.0. The molecule has 0 amide bonds. The Morgan fingerprint density at radius 2 is 2.10 bits per heavy atom. The fourth-order valence-corrected chi connectivity index (χ4v) is 1.89. The fraction of sp³-hybridized carbons (Fsp3) is 0.438. The molecule has 1 atom stereocenters. The maximum atomic E-state index is 10.9. The monoisotopic (exact) mass is 275 g/mol. The third kappa shape index (κ3) is 4.94. The zero-order valence-electron chi connectivity index (χ0n) is 12.0. The lowest BCUT2D eigenvalue weighted by Crippen LogP contribution is -2.32. The second kappa shape index (κ2) is 8.23. The largest absolute Gasteiger partial charge is 0.494 e. The Bertz CT molecular complexity index is 462. The van der Waals surface area contributed by atoms with Crippen LogP contribution in [0.3, 0.4) is 0 Å². The van der Waals surface area contributed by atoms with Gasteiger partial charge in [0, 0.05) is 6.04 Å². The summed E-state index contributed by atoms with van der Waals surface area (Å²) >= 11 is 0. The van der Waals surface area contributed by atoms with Gasteiger partial charge in [-0.1, -0.05) is 25.0 Å². The highest BCUT2D eigenvalue weighted by Crippen LogP contribution is 2.22. The first-order valence-corrected chi connectivity index (χ1v) is 6.70. The Morgan fingerprint density at radius 1 is 1.45 bits per heavy atom. The maximum Gasteiger partial charge on any atom is 0.317 e.